The predicted molar refractivity (Wildman–Crippen MR) is 71.8 cm³/mol. The lowest BCUT2D eigenvalue weighted by Gasteiger charge is -2.23. The smallest absolute Gasteiger partial charge is 0.262 e. The minimum absolute atomic E-state index is 0.157. The summed E-state index contributed by atoms with van der Waals surface area (Å²) in [5.41, 5.74) is 0. The van der Waals surface area contributed by atoms with Gasteiger partial charge < -0.3 is 13.9 Å². The quantitative estimate of drug-likeness (QED) is 0.569. The molecule has 3 nitrogen and oxygen atoms in total. The van der Waals surface area contributed by atoms with Crippen LogP contribution in [-0.4, -0.2) is 28.4 Å². The van der Waals surface area contributed by atoms with E-state index in [0.717, 1.165) is 0 Å². The maximum absolute atomic E-state index is 13.5. The second kappa shape index (κ2) is 7.77. The first-order valence-corrected chi connectivity index (χ1v) is 7.64. The summed E-state index contributed by atoms with van der Waals surface area (Å²) < 4.78 is 55.8. The molecule has 0 N–H and O–H groups in total. The van der Waals surface area contributed by atoms with Crippen LogP contribution in [0.15, 0.2) is 12.1 Å². The molecule has 0 aliphatic heterocycles. The molecule has 0 saturated carbocycles. The number of ether oxygens (including phenoxy) is 2. The minimum atomic E-state index is -1.79. The molecule has 1 rings (SSSR count). The summed E-state index contributed by atoms with van der Waals surface area (Å²) >= 11 is 0. The molecule has 0 aliphatic rings. The summed E-state index contributed by atoms with van der Waals surface area (Å²) in [5, 5.41) is -0.226. The summed E-state index contributed by atoms with van der Waals surface area (Å²) in [5.74, 6) is -2.84. The Labute approximate surface area is 119 Å². The van der Waals surface area contributed by atoms with Gasteiger partial charge in [-0.15, -0.1) is 0 Å². The average molecular weight is 308 g/mol. The van der Waals surface area contributed by atoms with Gasteiger partial charge in [0, 0.05) is 17.3 Å². The van der Waals surface area contributed by atoms with E-state index in [1.165, 1.54) is 0 Å². The molecule has 20 heavy (non-hydrogen) atoms. The third-order valence-corrected chi connectivity index (χ3v) is 3.64. The molecule has 0 atom stereocenters. The Bertz CT molecular complexity index is 408. The van der Waals surface area contributed by atoms with Gasteiger partial charge in [0.1, 0.15) is 17.5 Å². The molecule has 0 amide bonds. The normalized spacial score (nSPS) is 12.5. The van der Waals surface area contributed by atoms with Gasteiger partial charge in [0.05, 0.1) is 12.2 Å². The molecule has 0 saturated heterocycles. The molecule has 0 aliphatic carbocycles. The third-order valence-electron chi connectivity index (χ3n) is 2.24. The lowest BCUT2D eigenvalue weighted by atomic mass is 10.3. The van der Waals surface area contributed by atoms with Crippen molar-refractivity contribution in [1.82, 2.24) is 0 Å². The van der Waals surface area contributed by atoms with Gasteiger partial charge in [0.25, 0.3) is 6.48 Å². The van der Waals surface area contributed by atoms with Crippen molar-refractivity contribution in [2.75, 3.05) is 0 Å². The fraction of sp³-hybridized carbons (Fsp3) is 0.538. The van der Waals surface area contributed by atoms with E-state index in [1.807, 2.05) is 0 Å². The molecule has 7 heteroatoms. The van der Waals surface area contributed by atoms with Crippen molar-refractivity contribution < 1.29 is 27.1 Å². The Kier molecular flexibility index (Phi) is 6.67. The maximum atomic E-state index is 13.5. The largest absolute Gasteiger partial charge is 0.373 e. The van der Waals surface area contributed by atoms with Crippen LogP contribution in [0.1, 0.15) is 27.7 Å². The summed E-state index contributed by atoms with van der Waals surface area (Å²) in [4.78, 5) is 0. The number of halogens is 3. The first-order chi connectivity index (χ1) is 9.29. The van der Waals surface area contributed by atoms with Crippen molar-refractivity contribution in [1.29, 1.82) is 0 Å². The molecule has 0 fully saturated rings. The average Bonchev–Trinajstić information content (AvgIpc) is 2.25. The van der Waals surface area contributed by atoms with Gasteiger partial charge in [-0.3, -0.25) is 0 Å². The Morgan fingerprint density at radius 3 is 1.75 bits per heavy atom. The monoisotopic (exact) mass is 308 g/mol. The second-order valence-corrected chi connectivity index (χ2v) is 6.15. The highest BCUT2D eigenvalue weighted by atomic mass is 28.2. The van der Waals surface area contributed by atoms with Crippen LogP contribution in [0.4, 0.5) is 13.2 Å². The van der Waals surface area contributed by atoms with E-state index in [9.17, 15) is 13.2 Å². The molecule has 0 aromatic heterocycles. The Morgan fingerprint density at radius 1 is 0.900 bits per heavy atom. The fourth-order valence-corrected chi connectivity index (χ4v) is 2.36. The summed E-state index contributed by atoms with van der Waals surface area (Å²) in [6, 6.07) is 1.27. The maximum Gasteiger partial charge on any atom is 0.262 e. The van der Waals surface area contributed by atoms with Crippen molar-refractivity contribution >= 4 is 14.9 Å². The third kappa shape index (κ3) is 5.62. The molecule has 1 aromatic rings. The van der Waals surface area contributed by atoms with Gasteiger partial charge in [-0.05, 0) is 27.7 Å². The number of hydrogen-bond donors (Lipinski definition) is 0. The number of benzene rings is 1. The highest BCUT2D eigenvalue weighted by Gasteiger charge is 2.18. The highest BCUT2D eigenvalue weighted by Crippen LogP contribution is 2.07. The van der Waals surface area contributed by atoms with E-state index in [2.05, 4.69) is 0 Å². The van der Waals surface area contributed by atoms with Gasteiger partial charge in [-0.2, -0.15) is 0 Å². The molecule has 0 radical (unpaired) electrons. The Balaban J connectivity index is 2.71. The van der Waals surface area contributed by atoms with Crippen molar-refractivity contribution in [2.45, 2.75) is 46.4 Å². The molecular formula is C13H19F3O3Si. The van der Waals surface area contributed by atoms with E-state index in [-0.39, 0.29) is 17.4 Å². The van der Waals surface area contributed by atoms with Crippen molar-refractivity contribution in [3.8, 4) is 0 Å². The zero-order valence-corrected chi connectivity index (χ0v) is 13.4. The Morgan fingerprint density at radius 2 is 1.35 bits per heavy atom. The van der Waals surface area contributed by atoms with Gasteiger partial charge in [0.2, 0.25) is 9.76 Å². The molecule has 0 spiro atoms. The summed E-state index contributed by atoms with van der Waals surface area (Å²) in [6.45, 7) is 6.19. The predicted octanol–water partition coefficient (Wildman–Crippen LogP) is 1.96. The van der Waals surface area contributed by atoms with Crippen molar-refractivity contribution in [3.63, 3.8) is 0 Å². The van der Waals surface area contributed by atoms with Gasteiger partial charge in [0.15, 0.2) is 0 Å². The standard InChI is InChI=1S/C13H19F3O3Si/c1-7(2)17-13(18-8(3)4)19-20-12-10(15)5-9(14)6-11(12)16/h5-8,13H,20H2,1-4H3. The van der Waals surface area contributed by atoms with E-state index in [4.69, 9.17) is 13.9 Å². The van der Waals surface area contributed by atoms with E-state index in [1.54, 1.807) is 27.7 Å². The SMILES string of the molecule is CC(C)OC(O[SiH2]c1c(F)cc(F)cc1F)OC(C)C. The first kappa shape index (κ1) is 17.2. The van der Waals surface area contributed by atoms with Crippen LogP contribution in [-0.2, 0) is 13.9 Å². The highest BCUT2D eigenvalue weighted by molar-refractivity contribution is 6.47. The summed E-state index contributed by atoms with van der Waals surface area (Å²) in [6.07, 6.45) is -0.314. The van der Waals surface area contributed by atoms with E-state index < -0.39 is 33.7 Å². The van der Waals surface area contributed by atoms with Gasteiger partial charge in [-0.25, -0.2) is 13.2 Å². The lowest BCUT2D eigenvalue weighted by molar-refractivity contribution is -0.274. The summed E-state index contributed by atoms with van der Waals surface area (Å²) in [7, 11) is -1.79. The minimum Gasteiger partial charge on any atom is -0.373 e. The van der Waals surface area contributed by atoms with Crippen LogP contribution in [0.5, 0.6) is 0 Å². The van der Waals surface area contributed by atoms with Crippen molar-refractivity contribution in [2.24, 2.45) is 0 Å². The molecule has 1 aromatic carbocycles. The van der Waals surface area contributed by atoms with Crippen LogP contribution in [0.3, 0.4) is 0 Å². The first-order valence-electron chi connectivity index (χ1n) is 6.35. The van der Waals surface area contributed by atoms with Gasteiger partial charge in [-0.1, -0.05) is 0 Å². The fourth-order valence-electron chi connectivity index (χ4n) is 1.42. The van der Waals surface area contributed by atoms with Crippen LogP contribution < -0.4 is 5.19 Å². The Hall–Kier alpha value is -0.893. The lowest BCUT2D eigenvalue weighted by Crippen LogP contribution is -2.34. The molecular weight excluding hydrogens is 289 g/mol. The number of rotatable bonds is 7. The van der Waals surface area contributed by atoms with Crippen molar-refractivity contribution in [3.05, 3.63) is 29.6 Å². The zero-order valence-electron chi connectivity index (χ0n) is 12.0. The van der Waals surface area contributed by atoms with Gasteiger partial charge >= 0.3 is 0 Å². The zero-order chi connectivity index (χ0) is 15.3. The van der Waals surface area contributed by atoms with Crippen LogP contribution >= 0.6 is 0 Å². The molecule has 0 bridgehead atoms. The molecule has 0 unspecified atom stereocenters. The number of hydrogen-bond acceptors (Lipinski definition) is 3. The van der Waals surface area contributed by atoms with Crippen LogP contribution in [0, 0.1) is 17.5 Å². The topological polar surface area (TPSA) is 27.7 Å². The molecule has 0 heterocycles. The van der Waals surface area contributed by atoms with Crippen LogP contribution in [0.25, 0.3) is 0 Å². The molecule has 114 valence electrons. The second-order valence-electron chi connectivity index (χ2n) is 4.82. The van der Waals surface area contributed by atoms with E-state index in [0.29, 0.717) is 12.1 Å². The van der Waals surface area contributed by atoms with Crippen LogP contribution in [0.2, 0.25) is 0 Å². The van der Waals surface area contributed by atoms with E-state index >= 15 is 0 Å².